The molecule has 2 aromatic rings. The predicted molar refractivity (Wildman–Crippen MR) is 92.6 cm³/mol. The number of rotatable bonds is 4. The number of benzene rings is 1. The van der Waals surface area contributed by atoms with Crippen LogP contribution in [0, 0.1) is 0 Å². The number of hydrogen-bond acceptors (Lipinski definition) is 6. The molecule has 8 nitrogen and oxygen atoms in total. The number of aromatic nitrogens is 2. The lowest BCUT2D eigenvalue weighted by Gasteiger charge is -2.25. The summed E-state index contributed by atoms with van der Waals surface area (Å²) in [5, 5.41) is 13.5. The van der Waals surface area contributed by atoms with Crippen molar-refractivity contribution in [2.75, 3.05) is 12.5 Å². The van der Waals surface area contributed by atoms with Gasteiger partial charge >= 0.3 is 5.97 Å². The van der Waals surface area contributed by atoms with Crippen LogP contribution in [0.4, 0.5) is 5.69 Å². The summed E-state index contributed by atoms with van der Waals surface area (Å²) >= 11 is 0. The summed E-state index contributed by atoms with van der Waals surface area (Å²) < 4.78 is 6.51. The third-order valence-corrected chi connectivity index (χ3v) is 4.13. The first kappa shape index (κ1) is 16.7. The summed E-state index contributed by atoms with van der Waals surface area (Å²) in [4.78, 5) is 27.7. The van der Waals surface area contributed by atoms with Crippen LogP contribution in [0.3, 0.4) is 0 Å². The molecule has 1 aromatic carbocycles. The number of anilines is 1. The second-order valence-corrected chi connectivity index (χ2v) is 5.76. The smallest absolute Gasteiger partial charge is 0.342 e. The molecule has 2 N–H and O–H groups in total. The number of aromatic carboxylic acids is 1. The van der Waals surface area contributed by atoms with Gasteiger partial charge in [-0.2, -0.15) is 5.10 Å². The monoisotopic (exact) mass is 342 g/mol. The molecule has 25 heavy (non-hydrogen) atoms. The van der Waals surface area contributed by atoms with E-state index < -0.39 is 11.5 Å². The predicted octanol–water partition coefficient (Wildman–Crippen LogP) is 2.12. The van der Waals surface area contributed by atoms with Crippen LogP contribution >= 0.6 is 0 Å². The van der Waals surface area contributed by atoms with Gasteiger partial charge in [0.2, 0.25) is 0 Å². The van der Waals surface area contributed by atoms with Crippen molar-refractivity contribution >= 4 is 17.4 Å². The first-order valence-electron chi connectivity index (χ1n) is 7.83. The molecule has 1 aliphatic rings. The third-order valence-electron chi connectivity index (χ3n) is 4.13. The number of ether oxygens (including phenoxy) is 1. The number of hydrogen-bond donors (Lipinski definition) is 2. The summed E-state index contributed by atoms with van der Waals surface area (Å²) in [5.74, 6) is -0.139. The van der Waals surface area contributed by atoms with E-state index >= 15 is 0 Å². The van der Waals surface area contributed by atoms with Crippen LogP contribution in [0.1, 0.15) is 42.0 Å². The second kappa shape index (κ2) is 6.76. The van der Waals surface area contributed by atoms with E-state index in [1.54, 1.807) is 19.2 Å². The molecule has 0 saturated heterocycles. The molecule has 1 aliphatic heterocycles. The quantitative estimate of drug-likeness (QED) is 0.825. The van der Waals surface area contributed by atoms with Crippen molar-refractivity contribution in [2.24, 2.45) is 5.10 Å². The number of methoxy groups -OCH3 is 1. The Hall–Kier alpha value is -3.16. The van der Waals surface area contributed by atoms with E-state index in [9.17, 15) is 9.59 Å². The van der Waals surface area contributed by atoms with Crippen LogP contribution < -0.4 is 15.7 Å². The second-order valence-electron chi connectivity index (χ2n) is 5.76. The van der Waals surface area contributed by atoms with Gasteiger partial charge in [0.1, 0.15) is 17.0 Å². The van der Waals surface area contributed by atoms with Crippen molar-refractivity contribution in [1.82, 2.24) is 9.55 Å². The topological polar surface area (TPSA) is 106 Å². The average Bonchev–Trinajstić information content (AvgIpc) is 2.61. The van der Waals surface area contributed by atoms with E-state index in [0.29, 0.717) is 24.4 Å². The Labute approximate surface area is 143 Å². The zero-order valence-electron chi connectivity index (χ0n) is 13.9. The van der Waals surface area contributed by atoms with Crippen LogP contribution in [-0.2, 0) is 0 Å². The summed E-state index contributed by atoms with van der Waals surface area (Å²) in [6, 6.07) is 7.13. The van der Waals surface area contributed by atoms with Crippen molar-refractivity contribution in [1.29, 1.82) is 0 Å². The highest BCUT2D eigenvalue weighted by atomic mass is 16.5. The van der Waals surface area contributed by atoms with Gasteiger partial charge in [-0.05, 0) is 44.0 Å². The minimum Gasteiger partial charge on any atom is -0.497 e. The molecule has 0 bridgehead atoms. The molecule has 8 heteroatoms. The highest BCUT2D eigenvalue weighted by Gasteiger charge is 2.26. The summed E-state index contributed by atoms with van der Waals surface area (Å²) in [6.45, 7) is 1.87. The fourth-order valence-corrected chi connectivity index (χ4v) is 2.73. The van der Waals surface area contributed by atoms with Crippen molar-refractivity contribution in [3.05, 3.63) is 52.2 Å². The first-order chi connectivity index (χ1) is 12.0. The van der Waals surface area contributed by atoms with Crippen LogP contribution in [-0.4, -0.2) is 33.4 Å². The van der Waals surface area contributed by atoms with Crippen LogP contribution in [0.5, 0.6) is 5.75 Å². The SMILES string of the molecule is COc1ccc(N/N=C2\CCC(C)n3c2ncc(C(=O)O)c3=O)cc1. The number of carbonyl (C=O) groups is 1. The van der Waals surface area contributed by atoms with Gasteiger partial charge < -0.3 is 9.84 Å². The lowest BCUT2D eigenvalue weighted by molar-refractivity contribution is 0.0693. The Morgan fingerprint density at radius 2 is 2.12 bits per heavy atom. The standard InChI is InChI=1S/C17H18N4O4/c1-10-3-8-14(20-19-11-4-6-12(25-2)7-5-11)15-18-9-13(17(23)24)16(22)21(10)15/h4-7,9-10,19H,3,8H2,1-2H3,(H,23,24)/b20-14+. The van der Waals surface area contributed by atoms with Gasteiger partial charge in [-0.3, -0.25) is 14.8 Å². The van der Waals surface area contributed by atoms with Gasteiger partial charge in [-0.15, -0.1) is 0 Å². The first-order valence-corrected chi connectivity index (χ1v) is 7.83. The molecule has 0 radical (unpaired) electrons. The van der Waals surface area contributed by atoms with Gasteiger partial charge in [0.15, 0.2) is 5.82 Å². The molecule has 0 spiro atoms. The van der Waals surface area contributed by atoms with E-state index in [-0.39, 0.29) is 11.6 Å². The van der Waals surface area contributed by atoms with E-state index in [1.807, 2.05) is 19.1 Å². The number of carboxylic acid groups (broad SMARTS) is 1. The summed E-state index contributed by atoms with van der Waals surface area (Å²) in [5.41, 5.74) is 3.43. The fourth-order valence-electron chi connectivity index (χ4n) is 2.73. The van der Waals surface area contributed by atoms with E-state index in [1.165, 1.54) is 4.57 Å². The molecule has 0 aliphatic carbocycles. The Balaban J connectivity index is 1.94. The highest BCUT2D eigenvalue weighted by molar-refractivity contribution is 5.99. The minimum absolute atomic E-state index is 0.130. The van der Waals surface area contributed by atoms with Crippen LogP contribution in [0.25, 0.3) is 0 Å². The van der Waals surface area contributed by atoms with Gasteiger partial charge in [0, 0.05) is 12.2 Å². The molecule has 3 rings (SSSR count). The fraction of sp³-hybridized carbons (Fsp3) is 0.294. The highest BCUT2D eigenvalue weighted by Crippen LogP contribution is 2.22. The Bertz CT molecular complexity index is 887. The molecule has 1 atom stereocenters. The molecule has 1 unspecified atom stereocenters. The maximum atomic E-state index is 12.4. The lowest BCUT2D eigenvalue weighted by atomic mass is 10.0. The normalized spacial score (nSPS) is 17.8. The lowest BCUT2D eigenvalue weighted by Crippen LogP contribution is -2.37. The molecule has 1 aromatic heterocycles. The molecule has 0 amide bonds. The number of carboxylic acids is 1. The zero-order chi connectivity index (χ0) is 18.0. The van der Waals surface area contributed by atoms with E-state index in [4.69, 9.17) is 9.84 Å². The molecular formula is C17H18N4O4. The maximum absolute atomic E-state index is 12.4. The van der Waals surface area contributed by atoms with Gasteiger partial charge in [-0.25, -0.2) is 9.78 Å². The van der Waals surface area contributed by atoms with Crippen LogP contribution in [0.2, 0.25) is 0 Å². The Morgan fingerprint density at radius 1 is 1.40 bits per heavy atom. The Kier molecular flexibility index (Phi) is 4.51. The summed E-state index contributed by atoms with van der Waals surface area (Å²) in [7, 11) is 1.59. The summed E-state index contributed by atoms with van der Waals surface area (Å²) in [6.07, 6.45) is 2.42. The Morgan fingerprint density at radius 3 is 2.76 bits per heavy atom. The van der Waals surface area contributed by atoms with Gasteiger partial charge in [0.25, 0.3) is 5.56 Å². The van der Waals surface area contributed by atoms with Crippen LogP contribution in [0.15, 0.2) is 40.4 Å². The van der Waals surface area contributed by atoms with Crippen molar-refractivity contribution < 1.29 is 14.6 Å². The number of nitrogens with one attached hydrogen (secondary N) is 1. The number of nitrogens with zero attached hydrogens (tertiary/aromatic N) is 3. The average molecular weight is 342 g/mol. The van der Waals surface area contributed by atoms with Gasteiger partial charge in [0.05, 0.1) is 12.8 Å². The minimum atomic E-state index is -1.28. The largest absolute Gasteiger partial charge is 0.497 e. The van der Waals surface area contributed by atoms with E-state index in [0.717, 1.165) is 17.6 Å². The molecular weight excluding hydrogens is 324 g/mol. The molecule has 130 valence electrons. The molecule has 0 saturated carbocycles. The maximum Gasteiger partial charge on any atom is 0.342 e. The molecule has 0 fully saturated rings. The number of hydrazone groups is 1. The third kappa shape index (κ3) is 3.23. The van der Waals surface area contributed by atoms with E-state index in [2.05, 4.69) is 15.5 Å². The zero-order valence-corrected chi connectivity index (χ0v) is 13.9. The van der Waals surface area contributed by atoms with Crippen molar-refractivity contribution in [3.63, 3.8) is 0 Å². The number of fused-ring (bicyclic) bond motifs is 1. The molecule has 2 heterocycles. The van der Waals surface area contributed by atoms with Crippen molar-refractivity contribution in [2.45, 2.75) is 25.8 Å². The van der Waals surface area contributed by atoms with Crippen molar-refractivity contribution in [3.8, 4) is 5.75 Å². The van der Waals surface area contributed by atoms with Gasteiger partial charge in [-0.1, -0.05) is 0 Å².